The van der Waals surface area contributed by atoms with Gasteiger partial charge < -0.3 is 42.0 Å². The molecule has 0 aromatic carbocycles. The number of hydrogen-bond acceptors (Lipinski definition) is 8. The van der Waals surface area contributed by atoms with E-state index < -0.39 is 66.4 Å². The highest BCUT2D eigenvalue weighted by atomic mass is 16.4. The lowest BCUT2D eigenvalue weighted by Gasteiger charge is -2.26. The molecule has 0 saturated carbocycles. The second kappa shape index (κ2) is 14.0. The molecule has 196 valence electrons. The van der Waals surface area contributed by atoms with Crippen LogP contribution in [0.15, 0.2) is 12.5 Å². The maximum atomic E-state index is 12.8. The number of amides is 3. The van der Waals surface area contributed by atoms with E-state index in [2.05, 4.69) is 25.9 Å². The molecule has 5 atom stereocenters. The fourth-order valence-corrected chi connectivity index (χ4v) is 3.15. The fourth-order valence-electron chi connectivity index (χ4n) is 3.15. The van der Waals surface area contributed by atoms with Crippen molar-refractivity contribution in [1.29, 1.82) is 0 Å². The first kappa shape index (κ1) is 29.5. The van der Waals surface area contributed by atoms with Crippen LogP contribution in [0.4, 0.5) is 0 Å². The Morgan fingerprint density at radius 2 is 1.63 bits per heavy atom. The number of nitrogens with zero attached hydrogens (tertiary/aromatic N) is 1. The van der Waals surface area contributed by atoms with Gasteiger partial charge in [0.15, 0.2) is 0 Å². The van der Waals surface area contributed by atoms with Crippen LogP contribution in [0, 0.1) is 5.92 Å². The van der Waals surface area contributed by atoms with E-state index in [1.165, 1.54) is 19.4 Å². The fraction of sp³-hybridized carbons (Fsp3) is 0.619. The second-order valence-corrected chi connectivity index (χ2v) is 8.64. The summed E-state index contributed by atoms with van der Waals surface area (Å²) in [5, 5.41) is 35.3. The lowest BCUT2D eigenvalue weighted by molar-refractivity contribution is -0.143. The normalized spacial score (nSPS) is 15.4. The number of aliphatic hydroxyl groups excluding tert-OH is 1. The van der Waals surface area contributed by atoms with Crippen LogP contribution in [0.25, 0.3) is 0 Å². The van der Waals surface area contributed by atoms with Gasteiger partial charge in [-0.2, -0.15) is 0 Å². The highest BCUT2D eigenvalue weighted by Crippen LogP contribution is 2.08. The number of rotatable bonds is 15. The van der Waals surface area contributed by atoms with Gasteiger partial charge in [0.2, 0.25) is 17.7 Å². The third-order valence-electron chi connectivity index (χ3n) is 5.00. The lowest BCUT2D eigenvalue weighted by atomic mass is 10.0. The summed E-state index contributed by atoms with van der Waals surface area (Å²) in [5.41, 5.74) is 6.43. The molecule has 14 nitrogen and oxygen atoms in total. The summed E-state index contributed by atoms with van der Waals surface area (Å²) in [5.74, 6) is -5.21. The number of H-pyrrole nitrogens is 1. The van der Waals surface area contributed by atoms with Gasteiger partial charge in [-0.05, 0) is 25.7 Å². The van der Waals surface area contributed by atoms with Crippen molar-refractivity contribution >= 4 is 29.7 Å². The number of aromatic amines is 1. The van der Waals surface area contributed by atoms with Crippen LogP contribution in [0.2, 0.25) is 0 Å². The van der Waals surface area contributed by atoms with Crippen molar-refractivity contribution in [1.82, 2.24) is 25.9 Å². The number of hydrogen-bond donors (Lipinski definition) is 8. The molecule has 0 radical (unpaired) electrons. The zero-order chi connectivity index (χ0) is 26.7. The summed E-state index contributed by atoms with van der Waals surface area (Å²) in [4.78, 5) is 67.1. The van der Waals surface area contributed by atoms with E-state index >= 15 is 0 Å². The summed E-state index contributed by atoms with van der Waals surface area (Å²) >= 11 is 0. The molecule has 0 aliphatic heterocycles. The summed E-state index contributed by atoms with van der Waals surface area (Å²) in [6.07, 6.45) is 0.833. The first-order valence-corrected chi connectivity index (χ1v) is 11.1. The van der Waals surface area contributed by atoms with Crippen molar-refractivity contribution in [2.24, 2.45) is 11.7 Å². The van der Waals surface area contributed by atoms with Gasteiger partial charge in [-0.1, -0.05) is 13.8 Å². The summed E-state index contributed by atoms with van der Waals surface area (Å²) in [6.45, 7) is 4.76. The van der Waals surface area contributed by atoms with Crippen molar-refractivity contribution < 1.29 is 39.3 Å². The first-order chi connectivity index (χ1) is 16.3. The van der Waals surface area contributed by atoms with E-state index in [1.807, 2.05) is 0 Å². The van der Waals surface area contributed by atoms with E-state index in [-0.39, 0.29) is 25.2 Å². The Morgan fingerprint density at radius 3 is 2.11 bits per heavy atom. The molecule has 0 saturated heterocycles. The Balaban J connectivity index is 2.93. The van der Waals surface area contributed by atoms with Gasteiger partial charge in [0, 0.05) is 24.7 Å². The minimum atomic E-state index is -1.51. The largest absolute Gasteiger partial charge is 0.481 e. The first-order valence-electron chi connectivity index (χ1n) is 11.1. The lowest BCUT2D eigenvalue weighted by Crippen LogP contribution is -2.60. The molecule has 1 aromatic rings. The number of nitrogens with one attached hydrogen (secondary N) is 4. The van der Waals surface area contributed by atoms with Crippen LogP contribution in [-0.2, 0) is 30.4 Å². The van der Waals surface area contributed by atoms with Gasteiger partial charge in [0.25, 0.3) is 0 Å². The molecule has 0 aliphatic rings. The van der Waals surface area contributed by atoms with Gasteiger partial charge in [0.1, 0.15) is 18.1 Å². The molecule has 35 heavy (non-hydrogen) atoms. The van der Waals surface area contributed by atoms with Crippen molar-refractivity contribution in [2.75, 3.05) is 0 Å². The molecule has 0 fully saturated rings. The minimum Gasteiger partial charge on any atom is -0.481 e. The number of aliphatic hydroxyl groups is 1. The summed E-state index contributed by atoms with van der Waals surface area (Å²) in [6, 6.07) is -5.27. The van der Waals surface area contributed by atoms with Gasteiger partial charge in [-0.15, -0.1) is 0 Å². The Hall–Kier alpha value is -3.52. The third-order valence-corrected chi connectivity index (χ3v) is 5.00. The number of aliphatic carboxylic acids is 2. The molecule has 1 rings (SSSR count). The van der Waals surface area contributed by atoms with Crippen molar-refractivity contribution in [2.45, 2.75) is 76.7 Å². The van der Waals surface area contributed by atoms with Crippen molar-refractivity contribution in [3.63, 3.8) is 0 Å². The number of imidazole rings is 1. The van der Waals surface area contributed by atoms with Crippen LogP contribution in [0.5, 0.6) is 0 Å². The third kappa shape index (κ3) is 10.5. The Morgan fingerprint density at radius 1 is 1.00 bits per heavy atom. The highest BCUT2D eigenvalue weighted by Gasteiger charge is 2.32. The quantitative estimate of drug-likeness (QED) is 0.134. The molecular weight excluding hydrogens is 464 g/mol. The number of carboxylic acids is 2. The van der Waals surface area contributed by atoms with E-state index in [1.54, 1.807) is 13.8 Å². The van der Waals surface area contributed by atoms with Crippen molar-refractivity contribution in [3.8, 4) is 0 Å². The minimum absolute atomic E-state index is 0.0655. The smallest absolute Gasteiger partial charge is 0.326 e. The zero-order valence-electron chi connectivity index (χ0n) is 19.9. The Kier molecular flexibility index (Phi) is 11.8. The predicted molar refractivity (Wildman–Crippen MR) is 122 cm³/mol. The van der Waals surface area contributed by atoms with Crippen LogP contribution < -0.4 is 21.7 Å². The van der Waals surface area contributed by atoms with Crippen LogP contribution >= 0.6 is 0 Å². The molecule has 1 aromatic heterocycles. The Bertz CT molecular complexity index is 873. The SMILES string of the molecule is CC(C)CC(NC(=O)C(CCC(=O)O)NC(=O)C(NC(=O)C(N)Cc1cnc[nH]1)C(C)O)C(=O)O. The van der Waals surface area contributed by atoms with Crippen LogP contribution in [0.3, 0.4) is 0 Å². The molecule has 0 aliphatic carbocycles. The monoisotopic (exact) mass is 498 g/mol. The summed E-state index contributed by atoms with van der Waals surface area (Å²) < 4.78 is 0. The van der Waals surface area contributed by atoms with Crippen molar-refractivity contribution in [3.05, 3.63) is 18.2 Å². The average molecular weight is 499 g/mol. The second-order valence-electron chi connectivity index (χ2n) is 8.64. The van der Waals surface area contributed by atoms with Gasteiger partial charge in [-0.25, -0.2) is 9.78 Å². The summed E-state index contributed by atoms with van der Waals surface area (Å²) in [7, 11) is 0. The average Bonchev–Trinajstić information content (AvgIpc) is 3.26. The maximum absolute atomic E-state index is 12.8. The number of carboxylic acid groups (broad SMARTS) is 2. The maximum Gasteiger partial charge on any atom is 0.326 e. The van der Waals surface area contributed by atoms with E-state index in [0.717, 1.165) is 0 Å². The number of carbonyl (C=O) groups is 5. The van der Waals surface area contributed by atoms with Crippen LogP contribution in [-0.4, -0.2) is 85.2 Å². The molecular formula is C21H34N6O8. The molecule has 0 bridgehead atoms. The molecule has 9 N–H and O–H groups in total. The molecule has 1 heterocycles. The number of aromatic nitrogens is 2. The van der Waals surface area contributed by atoms with E-state index in [4.69, 9.17) is 10.8 Å². The standard InChI is InChI=1S/C21H34N6O8/c1-10(2)6-15(21(34)35)26-19(32)14(4-5-16(29)30)25-20(33)17(11(3)28)27-18(31)13(22)7-12-8-23-9-24-12/h8-11,13-15,17,28H,4-7,22H2,1-3H3,(H,23,24)(H,25,33)(H,26,32)(H,27,31)(H,29,30)(H,34,35). The van der Waals surface area contributed by atoms with E-state index in [0.29, 0.717) is 5.69 Å². The van der Waals surface area contributed by atoms with E-state index in [9.17, 15) is 34.2 Å². The zero-order valence-corrected chi connectivity index (χ0v) is 19.9. The number of nitrogens with two attached hydrogens (primary N) is 1. The molecule has 14 heteroatoms. The molecule has 5 unspecified atom stereocenters. The van der Waals surface area contributed by atoms with Crippen LogP contribution in [0.1, 0.15) is 45.7 Å². The Labute approximate surface area is 202 Å². The van der Waals surface area contributed by atoms with Gasteiger partial charge in [0.05, 0.1) is 18.5 Å². The predicted octanol–water partition coefficient (Wildman–Crippen LogP) is -1.89. The number of carbonyl (C=O) groups excluding carboxylic acids is 3. The molecule has 3 amide bonds. The highest BCUT2D eigenvalue weighted by molar-refractivity contribution is 5.94. The topological polar surface area (TPSA) is 237 Å². The van der Waals surface area contributed by atoms with Gasteiger partial charge >= 0.3 is 11.9 Å². The van der Waals surface area contributed by atoms with Gasteiger partial charge in [-0.3, -0.25) is 19.2 Å². The molecule has 0 spiro atoms.